The van der Waals surface area contributed by atoms with Gasteiger partial charge < -0.3 is 5.73 Å². The zero-order chi connectivity index (χ0) is 6.73. The predicted molar refractivity (Wildman–Crippen MR) is 33.9 cm³/mol. The van der Waals surface area contributed by atoms with Crippen molar-refractivity contribution in [2.75, 3.05) is 0 Å². The number of amides is 2. The lowest BCUT2D eigenvalue weighted by Gasteiger charge is -1.97. The third-order valence-electron chi connectivity index (χ3n) is 0.364. The number of rotatable bonds is 0. The monoisotopic (exact) mass is 244 g/mol. The number of halogens is 2. The zero-order valence-electron chi connectivity index (χ0n) is 3.60. The first-order valence-corrected chi connectivity index (χ1v) is 2.93. The Morgan fingerprint density at radius 3 is 1.75 bits per heavy atom. The van der Waals surface area contributed by atoms with E-state index in [1.807, 2.05) is 0 Å². The summed E-state index contributed by atoms with van der Waals surface area (Å²) in [4.78, 5) is 20.1. The van der Waals surface area contributed by atoms with Crippen LogP contribution in [0.4, 0.5) is 0 Å². The summed E-state index contributed by atoms with van der Waals surface area (Å²) < 4.78 is 0.752. The lowest BCUT2D eigenvalue weighted by atomic mass is 10.6. The molecule has 2 amide bonds. The van der Waals surface area contributed by atoms with E-state index in [-0.39, 0.29) is 0 Å². The molecule has 0 atom stereocenters. The molecule has 2 N–H and O–H groups in total. The van der Waals surface area contributed by atoms with Crippen molar-refractivity contribution in [1.82, 2.24) is 2.95 Å². The van der Waals surface area contributed by atoms with Crippen molar-refractivity contribution in [3.63, 3.8) is 0 Å². The van der Waals surface area contributed by atoms with Crippen LogP contribution in [0, 0.1) is 0 Å². The SMILES string of the molecule is NC(=O)C(=O)N(Br)Br. The predicted octanol–water partition coefficient (Wildman–Crippen LogP) is -0.0799. The van der Waals surface area contributed by atoms with E-state index in [0.29, 0.717) is 0 Å². The van der Waals surface area contributed by atoms with Crippen molar-refractivity contribution in [3.8, 4) is 0 Å². The second-order valence-electron chi connectivity index (χ2n) is 0.902. The molecular formula is C2H2Br2N2O2. The van der Waals surface area contributed by atoms with E-state index in [9.17, 15) is 9.59 Å². The molecule has 0 radical (unpaired) electrons. The van der Waals surface area contributed by atoms with Crippen molar-refractivity contribution < 1.29 is 9.59 Å². The highest BCUT2D eigenvalue weighted by Crippen LogP contribution is 2.03. The van der Waals surface area contributed by atoms with E-state index in [1.165, 1.54) is 0 Å². The highest BCUT2D eigenvalue weighted by Gasteiger charge is 2.12. The summed E-state index contributed by atoms with van der Waals surface area (Å²) in [5.74, 6) is -1.86. The molecular weight excluding hydrogens is 244 g/mol. The Morgan fingerprint density at radius 2 is 1.75 bits per heavy atom. The quantitative estimate of drug-likeness (QED) is 0.479. The third-order valence-corrected chi connectivity index (χ3v) is 1.01. The molecule has 0 saturated carbocycles. The Bertz CT molecular complexity index is 123. The summed E-state index contributed by atoms with van der Waals surface area (Å²) in [6.07, 6.45) is 0. The smallest absolute Gasteiger partial charge is 0.331 e. The van der Waals surface area contributed by atoms with E-state index in [4.69, 9.17) is 0 Å². The zero-order valence-corrected chi connectivity index (χ0v) is 6.77. The topological polar surface area (TPSA) is 63.4 Å². The van der Waals surface area contributed by atoms with Gasteiger partial charge in [-0.1, -0.05) is 0 Å². The Labute approximate surface area is 62.7 Å². The fourth-order valence-electron chi connectivity index (χ4n) is 0.0833. The molecule has 0 heterocycles. The summed E-state index contributed by atoms with van der Waals surface area (Å²) in [7, 11) is 0. The van der Waals surface area contributed by atoms with E-state index in [2.05, 4.69) is 38.0 Å². The maximum absolute atomic E-state index is 10.2. The fraction of sp³-hybridized carbons (Fsp3) is 0. The van der Waals surface area contributed by atoms with Gasteiger partial charge in [0.2, 0.25) is 0 Å². The number of hydrogen-bond donors (Lipinski definition) is 1. The van der Waals surface area contributed by atoms with Gasteiger partial charge in [0.15, 0.2) is 0 Å². The molecule has 0 aliphatic carbocycles. The molecule has 0 aliphatic heterocycles. The molecule has 4 nitrogen and oxygen atoms in total. The molecule has 0 saturated heterocycles. The second kappa shape index (κ2) is 3.03. The summed E-state index contributed by atoms with van der Waals surface area (Å²) in [6, 6.07) is 0. The second-order valence-corrected chi connectivity index (χ2v) is 3.27. The van der Waals surface area contributed by atoms with Crippen molar-refractivity contribution >= 4 is 44.1 Å². The molecule has 46 valence electrons. The van der Waals surface area contributed by atoms with Gasteiger partial charge in [-0.05, 0) is 0 Å². The average molecular weight is 246 g/mol. The summed E-state index contributed by atoms with van der Waals surface area (Å²) >= 11 is 5.28. The van der Waals surface area contributed by atoms with Gasteiger partial charge in [-0.3, -0.25) is 9.59 Å². The van der Waals surface area contributed by atoms with Crippen molar-refractivity contribution in [3.05, 3.63) is 0 Å². The van der Waals surface area contributed by atoms with Crippen molar-refractivity contribution in [2.24, 2.45) is 5.73 Å². The molecule has 0 aromatic rings. The molecule has 0 aromatic heterocycles. The Kier molecular flexibility index (Phi) is 2.99. The largest absolute Gasteiger partial charge is 0.361 e. The molecule has 0 aliphatic rings. The molecule has 0 spiro atoms. The number of primary amides is 1. The third kappa shape index (κ3) is 2.27. The summed E-state index contributed by atoms with van der Waals surface area (Å²) in [6.45, 7) is 0. The summed E-state index contributed by atoms with van der Waals surface area (Å²) in [5, 5.41) is 0. The minimum absolute atomic E-state index is 0.752. The standard InChI is InChI=1S/C2H2Br2N2O2/c3-6(4)2(8)1(5)7/h(H2,5,7). The Balaban J connectivity index is 3.84. The van der Waals surface area contributed by atoms with Crippen molar-refractivity contribution in [1.29, 1.82) is 0 Å². The van der Waals surface area contributed by atoms with E-state index < -0.39 is 11.8 Å². The Morgan fingerprint density at radius 1 is 1.38 bits per heavy atom. The molecule has 0 rings (SSSR count). The minimum atomic E-state index is -1.02. The highest BCUT2D eigenvalue weighted by atomic mass is 79.9. The maximum Gasteiger partial charge on any atom is 0.331 e. The normalized spacial score (nSPS) is 8.25. The molecule has 0 fully saturated rings. The van der Waals surface area contributed by atoms with Crippen LogP contribution in [-0.2, 0) is 9.59 Å². The summed E-state index contributed by atoms with van der Waals surface area (Å²) in [5.41, 5.74) is 4.55. The number of carbonyl (C=O) groups excluding carboxylic acids is 2. The first kappa shape index (κ1) is 7.90. The van der Waals surface area contributed by atoms with Crippen LogP contribution in [0.25, 0.3) is 0 Å². The van der Waals surface area contributed by atoms with Crippen LogP contribution in [0.5, 0.6) is 0 Å². The van der Waals surface area contributed by atoms with E-state index in [1.54, 1.807) is 0 Å². The lowest BCUT2D eigenvalue weighted by Crippen LogP contribution is -2.28. The van der Waals surface area contributed by atoms with Gasteiger partial charge >= 0.3 is 11.8 Å². The van der Waals surface area contributed by atoms with Gasteiger partial charge in [0, 0.05) is 0 Å². The number of carbonyl (C=O) groups is 2. The number of hydrogen-bond acceptors (Lipinski definition) is 2. The van der Waals surface area contributed by atoms with Crippen LogP contribution in [0.15, 0.2) is 0 Å². The molecule has 0 bridgehead atoms. The van der Waals surface area contributed by atoms with E-state index >= 15 is 0 Å². The van der Waals surface area contributed by atoms with Gasteiger partial charge in [-0.2, -0.15) is 0 Å². The number of nitrogens with zero attached hydrogens (tertiary/aromatic N) is 1. The van der Waals surface area contributed by atoms with Gasteiger partial charge in [-0.25, -0.2) is 2.95 Å². The number of nitrogens with two attached hydrogens (primary N) is 1. The molecule has 6 heteroatoms. The fourth-order valence-corrected chi connectivity index (χ4v) is 0.433. The van der Waals surface area contributed by atoms with Crippen LogP contribution in [-0.4, -0.2) is 14.8 Å². The maximum atomic E-state index is 10.2. The minimum Gasteiger partial charge on any atom is -0.361 e. The molecule has 8 heavy (non-hydrogen) atoms. The van der Waals surface area contributed by atoms with Crippen LogP contribution in [0.2, 0.25) is 0 Å². The van der Waals surface area contributed by atoms with Crippen molar-refractivity contribution in [2.45, 2.75) is 0 Å². The first-order valence-electron chi connectivity index (χ1n) is 1.51. The van der Waals surface area contributed by atoms with Crippen LogP contribution < -0.4 is 5.73 Å². The average Bonchev–Trinajstić information content (AvgIpc) is 1.64. The van der Waals surface area contributed by atoms with Gasteiger partial charge in [0.1, 0.15) is 0 Å². The van der Waals surface area contributed by atoms with Gasteiger partial charge in [0.25, 0.3) is 0 Å². The first-order chi connectivity index (χ1) is 3.55. The lowest BCUT2D eigenvalue weighted by molar-refractivity contribution is -0.138. The van der Waals surface area contributed by atoms with E-state index in [0.717, 1.165) is 2.95 Å². The van der Waals surface area contributed by atoms with Crippen LogP contribution in [0.3, 0.4) is 0 Å². The Hall–Kier alpha value is -0.100. The molecule has 0 unspecified atom stereocenters. The van der Waals surface area contributed by atoms with Gasteiger partial charge in [0.05, 0.1) is 32.3 Å². The highest BCUT2D eigenvalue weighted by molar-refractivity contribution is 9.21. The van der Waals surface area contributed by atoms with Gasteiger partial charge in [-0.15, -0.1) is 0 Å². The van der Waals surface area contributed by atoms with Crippen LogP contribution >= 0.6 is 32.3 Å². The van der Waals surface area contributed by atoms with Crippen LogP contribution in [0.1, 0.15) is 0 Å². The molecule has 0 aromatic carbocycles.